The summed E-state index contributed by atoms with van der Waals surface area (Å²) in [5.74, 6) is -0.343. The molecule has 0 aromatic heterocycles. The molecular formula is C12H12O3. The summed E-state index contributed by atoms with van der Waals surface area (Å²) >= 11 is 0. The molecule has 0 bridgehead atoms. The van der Waals surface area contributed by atoms with E-state index in [4.69, 9.17) is 0 Å². The van der Waals surface area contributed by atoms with Crippen LogP contribution in [0.5, 0.6) is 0 Å². The first kappa shape index (κ1) is 11.2. The minimum absolute atomic E-state index is 0.343. The van der Waals surface area contributed by atoms with E-state index in [2.05, 4.69) is 4.74 Å². The summed E-state index contributed by atoms with van der Waals surface area (Å²) in [5.41, 5.74) is 1.57. The molecule has 0 atom stereocenters. The minimum Gasteiger partial charge on any atom is -0.465 e. The van der Waals surface area contributed by atoms with Crippen molar-refractivity contribution in [3.05, 3.63) is 47.5 Å². The van der Waals surface area contributed by atoms with Gasteiger partial charge in [-0.1, -0.05) is 18.2 Å². The summed E-state index contributed by atoms with van der Waals surface area (Å²) < 4.78 is 4.58. The van der Waals surface area contributed by atoms with E-state index in [1.807, 2.05) is 12.1 Å². The van der Waals surface area contributed by atoms with E-state index in [0.717, 1.165) is 11.8 Å². The maximum absolute atomic E-state index is 11.1. The van der Waals surface area contributed by atoms with Crippen LogP contribution in [0, 0.1) is 0 Å². The van der Waals surface area contributed by atoms with Gasteiger partial charge in [0.25, 0.3) is 0 Å². The zero-order valence-corrected chi connectivity index (χ0v) is 8.47. The van der Waals surface area contributed by atoms with Crippen molar-refractivity contribution in [3.63, 3.8) is 0 Å². The molecule has 0 saturated carbocycles. The predicted octanol–water partition coefficient (Wildman–Crippen LogP) is 1.77. The van der Waals surface area contributed by atoms with Crippen LogP contribution in [0.4, 0.5) is 0 Å². The third-order valence-corrected chi connectivity index (χ3v) is 1.94. The number of hydrogen-bond donors (Lipinski definition) is 0. The van der Waals surface area contributed by atoms with Crippen LogP contribution in [0.25, 0.3) is 0 Å². The molecule has 1 aromatic rings. The third kappa shape index (κ3) is 3.38. The van der Waals surface area contributed by atoms with Gasteiger partial charge in [-0.3, -0.25) is 4.79 Å². The fourth-order valence-corrected chi connectivity index (χ4v) is 1.15. The van der Waals surface area contributed by atoms with Gasteiger partial charge in [0.1, 0.15) is 6.29 Å². The number of aldehydes is 1. The second-order valence-electron chi connectivity index (χ2n) is 2.96. The second-order valence-corrected chi connectivity index (χ2v) is 2.96. The van der Waals surface area contributed by atoms with Crippen LogP contribution in [0.1, 0.15) is 15.9 Å². The molecule has 1 aromatic carbocycles. The SMILES string of the molecule is COC(=O)c1ccc(C/C=C/C=O)cc1. The maximum Gasteiger partial charge on any atom is 0.337 e. The van der Waals surface area contributed by atoms with E-state index < -0.39 is 0 Å². The predicted molar refractivity (Wildman–Crippen MR) is 56.7 cm³/mol. The summed E-state index contributed by atoms with van der Waals surface area (Å²) in [4.78, 5) is 21.1. The molecule has 3 heteroatoms. The van der Waals surface area contributed by atoms with Crippen molar-refractivity contribution in [1.82, 2.24) is 0 Å². The Labute approximate surface area is 88.4 Å². The standard InChI is InChI=1S/C12H12O3/c1-15-12(14)11-7-5-10(6-8-11)4-2-3-9-13/h2-3,5-9H,4H2,1H3/b3-2+. The van der Waals surface area contributed by atoms with E-state index in [-0.39, 0.29) is 5.97 Å². The normalized spacial score (nSPS) is 10.2. The number of hydrogen-bond acceptors (Lipinski definition) is 3. The lowest BCUT2D eigenvalue weighted by molar-refractivity contribution is -0.104. The first-order chi connectivity index (χ1) is 7.27. The zero-order chi connectivity index (χ0) is 11.1. The lowest BCUT2D eigenvalue weighted by Crippen LogP contribution is -2.00. The zero-order valence-electron chi connectivity index (χ0n) is 8.47. The lowest BCUT2D eigenvalue weighted by Gasteiger charge is -2.00. The largest absolute Gasteiger partial charge is 0.465 e. The molecule has 1 rings (SSSR count). The molecule has 78 valence electrons. The van der Waals surface area contributed by atoms with E-state index in [9.17, 15) is 9.59 Å². The minimum atomic E-state index is -0.343. The van der Waals surface area contributed by atoms with Crippen molar-refractivity contribution in [1.29, 1.82) is 0 Å². The summed E-state index contributed by atoms with van der Waals surface area (Å²) in [7, 11) is 1.35. The van der Waals surface area contributed by atoms with Gasteiger partial charge in [0.2, 0.25) is 0 Å². The highest BCUT2D eigenvalue weighted by molar-refractivity contribution is 5.89. The molecule has 0 aliphatic heterocycles. The van der Waals surface area contributed by atoms with Gasteiger partial charge >= 0.3 is 5.97 Å². The molecule has 0 radical (unpaired) electrons. The molecule has 0 N–H and O–H groups in total. The number of allylic oxidation sites excluding steroid dienone is 2. The molecule has 0 saturated heterocycles. The molecule has 0 unspecified atom stereocenters. The Morgan fingerprint density at radius 2 is 2.00 bits per heavy atom. The van der Waals surface area contributed by atoms with E-state index in [1.165, 1.54) is 13.2 Å². The molecule has 3 nitrogen and oxygen atoms in total. The van der Waals surface area contributed by atoms with Crippen molar-refractivity contribution in [2.24, 2.45) is 0 Å². The van der Waals surface area contributed by atoms with Crippen LogP contribution in [0.3, 0.4) is 0 Å². The maximum atomic E-state index is 11.1. The topological polar surface area (TPSA) is 43.4 Å². The summed E-state index contributed by atoms with van der Waals surface area (Å²) in [6.07, 6.45) is 4.64. The summed E-state index contributed by atoms with van der Waals surface area (Å²) in [5, 5.41) is 0. The van der Waals surface area contributed by atoms with Crippen LogP contribution in [0.15, 0.2) is 36.4 Å². The smallest absolute Gasteiger partial charge is 0.337 e. The van der Waals surface area contributed by atoms with Crippen molar-refractivity contribution in [2.75, 3.05) is 7.11 Å². The molecule has 0 aliphatic carbocycles. The quantitative estimate of drug-likeness (QED) is 0.426. The number of carbonyl (C=O) groups excluding carboxylic acids is 2. The lowest BCUT2D eigenvalue weighted by atomic mass is 10.1. The first-order valence-corrected chi connectivity index (χ1v) is 4.55. The van der Waals surface area contributed by atoms with Gasteiger partial charge in [-0.05, 0) is 30.2 Å². The van der Waals surface area contributed by atoms with E-state index >= 15 is 0 Å². The average molecular weight is 204 g/mol. The van der Waals surface area contributed by atoms with Gasteiger partial charge in [0.05, 0.1) is 12.7 Å². The fourth-order valence-electron chi connectivity index (χ4n) is 1.15. The molecule has 0 fully saturated rings. The van der Waals surface area contributed by atoms with Gasteiger partial charge in [0, 0.05) is 0 Å². The van der Waals surface area contributed by atoms with Gasteiger partial charge in [-0.15, -0.1) is 0 Å². The van der Waals surface area contributed by atoms with Crippen LogP contribution < -0.4 is 0 Å². The molecule has 15 heavy (non-hydrogen) atoms. The van der Waals surface area contributed by atoms with Crippen LogP contribution in [-0.4, -0.2) is 19.4 Å². The third-order valence-electron chi connectivity index (χ3n) is 1.94. The van der Waals surface area contributed by atoms with Crippen LogP contribution in [-0.2, 0) is 16.0 Å². The van der Waals surface area contributed by atoms with Gasteiger partial charge in [0.15, 0.2) is 0 Å². The molecule has 0 heterocycles. The molecule has 0 aliphatic rings. The number of esters is 1. The van der Waals surface area contributed by atoms with E-state index in [1.54, 1.807) is 18.2 Å². The van der Waals surface area contributed by atoms with Crippen LogP contribution in [0.2, 0.25) is 0 Å². The highest BCUT2D eigenvalue weighted by Crippen LogP contribution is 2.06. The Morgan fingerprint density at radius 3 is 2.53 bits per heavy atom. The monoisotopic (exact) mass is 204 g/mol. The molecule has 0 amide bonds. The van der Waals surface area contributed by atoms with Crippen molar-refractivity contribution in [2.45, 2.75) is 6.42 Å². The number of ether oxygens (including phenoxy) is 1. The van der Waals surface area contributed by atoms with E-state index in [0.29, 0.717) is 12.0 Å². The van der Waals surface area contributed by atoms with Gasteiger partial charge in [-0.25, -0.2) is 4.79 Å². The summed E-state index contributed by atoms with van der Waals surface area (Å²) in [6.45, 7) is 0. The average Bonchev–Trinajstić information content (AvgIpc) is 2.29. The number of benzene rings is 1. The molecule has 0 spiro atoms. The van der Waals surface area contributed by atoms with Crippen molar-refractivity contribution >= 4 is 12.3 Å². The Balaban J connectivity index is 2.68. The Morgan fingerprint density at radius 1 is 1.33 bits per heavy atom. The number of methoxy groups -OCH3 is 1. The Hall–Kier alpha value is -1.90. The van der Waals surface area contributed by atoms with Crippen molar-refractivity contribution < 1.29 is 14.3 Å². The number of rotatable bonds is 4. The number of carbonyl (C=O) groups is 2. The van der Waals surface area contributed by atoms with Crippen molar-refractivity contribution in [3.8, 4) is 0 Å². The second kappa shape index (κ2) is 5.75. The Kier molecular flexibility index (Phi) is 4.29. The Bertz CT molecular complexity index is 363. The highest BCUT2D eigenvalue weighted by Gasteiger charge is 2.03. The fraction of sp³-hybridized carbons (Fsp3) is 0.167. The summed E-state index contributed by atoms with van der Waals surface area (Å²) in [6, 6.07) is 7.08. The molecular weight excluding hydrogens is 192 g/mol. The van der Waals surface area contributed by atoms with Gasteiger partial charge in [-0.2, -0.15) is 0 Å². The van der Waals surface area contributed by atoms with Gasteiger partial charge < -0.3 is 4.74 Å². The highest BCUT2D eigenvalue weighted by atomic mass is 16.5. The first-order valence-electron chi connectivity index (χ1n) is 4.55. The van der Waals surface area contributed by atoms with Crippen LogP contribution >= 0.6 is 0 Å².